The number of aliphatic hydroxyl groups is 1. The summed E-state index contributed by atoms with van der Waals surface area (Å²) in [5.74, 6) is -0.340. The van der Waals surface area contributed by atoms with E-state index in [1.807, 2.05) is 0 Å². The molecule has 9 heteroatoms. The number of carbonyl (C=O) groups excluding carboxylic acids is 1. The molecular formula is C46H58N2O7. The monoisotopic (exact) mass is 750 g/mol. The van der Waals surface area contributed by atoms with Gasteiger partial charge in [-0.15, -0.1) is 0 Å². The van der Waals surface area contributed by atoms with Crippen molar-refractivity contribution in [3.63, 3.8) is 0 Å². The van der Waals surface area contributed by atoms with E-state index in [0.29, 0.717) is 12.2 Å². The third-order valence-corrected chi connectivity index (χ3v) is 14.2. The second-order valence-corrected chi connectivity index (χ2v) is 17.2. The van der Waals surface area contributed by atoms with Crippen molar-refractivity contribution in [2.45, 2.75) is 119 Å². The molecular weight excluding hydrogens is 693 g/mol. The Balaban J connectivity index is 1.16. The molecule has 2 saturated carbocycles. The van der Waals surface area contributed by atoms with Crippen LogP contribution in [0.4, 0.5) is 0 Å². The van der Waals surface area contributed by atoms with Crippen LogP contribution in [0.15, 0.2) is 66.7 Å². The second-order valence-electron chi connectivity index (χ2n) is 17.2. The number of aromatic hydroxyl groups is 3. The highest BCUT2D eigenvalue weighted by Gasteiger charge is 2.54. The minimum Gasteiger partial charge on any atom is -0.504 e. The Labute approximate surface area is 325 Å². The number of aryl methyl sites for hydroxylation is 1. The maximum atomic E-state index is 13.7. The zero-order valence-electron chi connectivity index (χ0n) is 31.9. The van der Waals surface area contributed by atoms with E-state index >= 15 is 0 Å². The van der Waals surface area contributed by atoms with Crippen LogP contribution in [-0.4, -0.2) is 58.2 Å². The van der Waals surface area contributed by atoms with E-state index in [-0.39, 0.29) is 83.0 Å². The molecule has 0 aromatic heterocycles. The highest BCUT2D eigenvalue weighted by Crippen LogP contribution is 2.64. The Morgan fingerprint density at radius 1 is 0.927 bits per heavy atom. The third kappa shape index (κ3) is 7.13. The molecule has 3 aromatic carbocycles. The fraction of sp³-hybridized carbons (Fsp3) is 0.543. The molecule has 5 aliphatic carbocycles. The van der Waals surface area contributed by atoms with Crippen LogP contribution in [0.1, 0.15) is 118 Å². The Hall–Kier alpha value is -4.05. The number of benzene rings is 3. The first-order chi connectivity index (χ1) is 26.7. The number of nitrogens with one attached hydrogen (secondary N) is 1. The Morgan fingerprint density at radius 2 is 1.69 bits per heavy atom. The number of piperidine rings is 1. The lowest BCUT2D eigenvalue weighted by atomic mass is 9.52. The number of Topliss-reactive ketones (excluding diaryl/α,β-unsaturated/α-hetero) is 1. The van der Waals surface area contributed by atoms with Crippen LogP contribution in [0.2, 0.25) is 0 Å². The van der Waals surface area contributed by atoms with E-state index in [0.717, 1.165) is 81.1 Å². The van der Waals surface area contributed by atoms with Crippen molar-refractivity contribution in [2.75, 3.05) is 19.8 Å². The van der Waals surface area contributed by atoms with Gasteiger partial charge < -0.3 is 35.2 Å². The first kappa shape index (κ1) is 37.9. The van der Waals surface area contributed by atoms with Crippen molar-refractivity contribution >= 4 is 5.78 Å². The number of hydrogen-bond acceptors (Lipinski definition) is 9. The number of nitrogens with two attached hydrogens (primary N) is 1. The molecule has 294 valence electrons. The van der Waals surface area contributed by atoms with Gasteiger partial charge in [-0.3, -0.25) is 10.5 Å². The molecule has 6 aliphatic rings. The molecule has 1 spiro atoms. The summed E-state index contributed by atoms with van der Waals surface area (Å²) in [7, 11) is 0. The molecule has 2 bridgehead atoms. The van der Waals surface area contributed by atoms with Crippen molar-refractivity contribution in [2.24, 2.45) is 23.0 Å². The van der Waals surface area contributed by atoms with Crippen molar-refractivity contribution in [3.8, 4) is 28.7 Å². The van der Waals surface area contributed by atoms with Gasteiger partial charge in [0.05, 0.1) is 6.10 Å². The highest BCUT2D eigenvalue weighted by molar-refractivity contribution is 5.79. The van der Waals surface area contributed by atoms with E-state index in [2.05, 4.69) is 47.8 Å². The van der Waals surface area contributed by atoms with Gasteiger partial charge in [0.25, 0.3) is 0 Å². The molecule has 6 unspecified atom stereocenters. The van der Waals surface area contributed by atoms with Gasteiger partial charge in [-0.2, -0.15) is 0 Å². The number of fused-ring (bicyclic) bond motifs is 2. The summed E-state index contributed by atoms with van der Waals surface area (Å²) in [4.78, 5) is 13.7. The maximum absolute atomic E-state index is 13.7. The molecule has 9 rings (SSSR count). The Morgan fingerprint density at radius 3 is 2.45 bits per heavy atom. The van der Waals surface area contributed by atoms with Crippen molar-refractivity contribution < 1.29 is 34.7 Å². The minimum absolute atomic E-state index is 0.00283. The summed E-state index contributed by atoms with van der Waals surface area (Å²) in [6.07, 6.45) is 15.6. The standard InChI is InChI=1S/C46H58N2O7/c47-28-54-39-23-29(12-16-36(39)50)11-14-32(49)25-37(51)33-15-13-30-24-35(46(20-5-2-6-21-46)31-9-3-1-4-10-31)42(33)34-26-38(52)43(53)44(41(30)34)55-40-17-22-48-27-45(40)18-7-8-19-45/h1,3-4,9-10,12-13,15-16,23,26,30,33,35,37,40,42,48,50-53H,2,5-8,11,14,17-22,24-25,27-28,47H2. The van der Waals surface area contributed by atoms with Gasteiger partial charge in [0, 0.05) is 42.2 Å². The maximum Gasteiger partial charge on any atom is 0.200 e. The number of phenolic OH excluding ortho intramolecular Hbond substituents is 3. The van der Waals surface area contributed by atoms with E-state index in [1.165, 1.54) is 24.8 Å². The molecule has 1 heterocycles. The number of rotatable bonds is 12. The average Bonchev–Trinajstić information content (AvgIpc) is 3.50. The molecule has 3 fully saturated rings. The molecule has 6 atom stereocenters. The molecule has 7 N–H and O–H groups in total. The molecule has 55 heavy (non-hydrogen) atoms. The van der Waals surface area contributed by atoms with Crippen LogP contribution in [0.25, 0.3) is 0 Å². The summed E-state index contributed by atoms with van der Waals surface area (Å²) < 4.78 is 12.4. The summed E-state index contributed by atoms with van der Waals surface area (Å²) in [5, 5.41) is 49.2. The molecule has 1 aliphatic heterocycles. The first-order valence-electron chi connectivity index (χ1n) is 20.8. The average molecular weight is 751 g/mol. The molecule has 0 amide bonds. The van der Waals surface area contributed by atoms with Crippen LogP contribution in [0.3, 0.4) is 0 Å². The topological polar surface area (TPSA) is 154 Å². The van der Waals surface area contributed by atoms with Gasteiger partial charge >= 0.3 is 0 Å². The summed E-state index contributed by atoms with van der Waals surface area (Å²) >= 11 is 0. The van der Waals surface area contributed by atoms with Crippen molar-refractivity contribution in [1.82, 2.24) is 5.32 Å². The Bertz CT molecular complexity index is 1870. The van der Waals surface area contributed by atoms with E-state index in [4.69, 9.17) is 15.2 Å². The lowest BCUT2D eigenvalue weighted by Gasteiger charge is -2.52. The summed E-state index contributed by atoms with van der Waals surface area (Å²) in [5.41, 5.74) is 9.41. The van der Waals surface area contributed by atoms with Crippen molar-refractivity contribution in [3.05, 3.63) is 89.0 Å². The minimum atomic E-state index is -0.959. The molecule has 0 radical (unpaired) electrons. The van der Waals surface area contributed by atoms with Gasteiger partial charge in [-0.1, -0.05) is 80.7 Å². The van der Waals surface area contributed by atoms with Crippen LogP contribution in [0.5, 0.6) is 28.7 Å². The van der Waals surface area contributed by atoms with Gasteiger partial charge in [-0.25, -0.2) is 0 Å². The summed E-state index contributed by atoms with van der Waals surface area (Å²) in [6.45, 7) is 1.67. The smallest absolute Gasteiger partial charge is 0.200 e. The number of allylic oxidation sites excluding steroid dienone is 1. The number of aliphatic hydroxyl groups excluding tert-OH is 1. The van der Waals surface area contributed by atoms with Gasteiger partial charge in [-0.05, 0) is 104 Å². The highest BCUT2D eigenvalue weighted by atomic mass is 16.5. The first-order valence-corrected chi connectivity index (χ1v) is 20.8. The van der Waals surface area contributed by atoms with E-state index in [1.54, 1.807) is 24.3 Å². The van der Waals surface area contributed by atoms with E-state index < -0.39 is 12.0 Å². The SMILES string of the molecule is NCOc1cc(CCC(=O)CC(O)C2C=CC3CC(C4(c5ccccc5)CCCCC4)C2c2cc(O)c(O)c(OC4CCNCC45CCCC5)c23)ccc1O. The number of hydrogen-bond donors (Lipinski definition) is 6. The normalized spacial score (nSPS) is 27.0. The van der Waals surface area contributed by atoms with Crippen LogP contribution >= 0.6 is 0 Å². The molecule has 9 nitrogen and oxygen atoms in total. The second kappa shape index (κ2) is 15.8. The van der Waals surface area contributed by atoms with Gasteiger partial charge in [0.2, 0.25) is 5.75 Å². The van der Waals surface area contributed by atoms with Crippen LogP contribution in [0, 0.1) is 17.3 Å². The van der Waals surface area contributed by atoms with Crippen LogP contribution in [-0.2, 0) is 16.6 Å². The zero-order valence-corrected chi connectivity index (χ0v) is 31.9. The van der Waals surface area contributed by atoms with Crippen LogP contribution < -0.4 is 20.5 Å². The number of ketones is 1. The number of phenols is 3. The van der Waals surface area contributed by atoms with E-state index in [9.17, 15) is 25.2 Å². The van der Waals surface area contributed by atoms with Gasteiger partial charge in [0.1, 0.15) is 18.6 Å². The Kier molecular flexibility index (Phi) is 10.9. The molecule has 3 aromatic rings. The largest absolute Gasteiger partial charge is 0.504 e. The third-order valence-electron chi connectivity index (χ3n) is 14.2. The zero-order chi connectivity index (χ0) is 38.2. The lowest BCUT2D eigenvalue weighted by molar-refractivity contribution is -0.121. The predicted octanol–water partition coefficient (Wildman–Crippen LogP) is 7.63. The fourth-order valence-electron chi connectivity index (χ4n) is 11.6. The number of ether oxygens (including phenoxy) is 2. The van der Waals surface area contributed by atoms with Crippen molar-refractivity contribution in [1.29, 1.82) is 0 Å². The number of carbonyl (C=O) groups is 1. The molecule has 1 saturated heterocycles. The lowest BCUT2D eigenvalue weighted by Crippen LogP contribution is -2.51. The fourth-order valence-corrected chi connectivity index (χ4v) is 11.6. The predicted molar refractivity (Wildman–Crippen MR) is 212 cm³/mol. The quantitative estimate of drug-likeness (QED) is 0.0623. The summed E-state index contributed by atoms with van der Waals surface area (Å²) in [6, 6.07) is 17.6. The van der Waals surface area contributed by atoms with Gasteiger partial charge in [0.15, 0.2) is 23.0 Å².